The molecule has 1 spiro atoms. The first-order chi connectivity index (χ1) is 10.2. The molecule has 3 rings (SSSR count). The molecular formula is C16H24N2O3. The first-order valence-electron chi connectivity index (χ1n) is 7.78. The number of rotatable bonds is 4. The molecule has 2 heterocycles. The van der Waals surface area contributed by atoms with E-state index >= 15 is 0 Å². The molecule has 0 bridgehead atoms. The number of hydrogen-bond acceptors (Lipinski definition) is 5. The van der Waals surface area contributed by atoms with Gasteiger partial charge in [0.15, 0.2) is 5.79 Å². The summed E-state index contributed by atoms with van der Waals surface area (Å²) in [4.78, 5) is 2.25. The third-order valence-corrected chi connectivity index (χ3v) is 4.08. The number of para-hydroxylation sites is 1. The SMILES string of the molecule is CCCOc1cccc(N2CCCC3(C2)OCCO3)c1N. The summed E-state index contributed by atoms with van der Waals surface area (Å²) in [5.74, 6) is 0.326. The van der Waals surface area contributed by atoms with E-state index in [0.29, 0.717) is 25.5 Å². The third kappa shape index (κ3) is 2.94. The minimum atomic E-state index is -0.440. The predicted octanol–water partition coefficient (Wildman–Crippen LogP) is 2.40. The highest BCUT2D eigenvalue weighted by Gasteiger charge is 2.41. The fourth-order valence-corrected chi connectivity index (χ4v) is 3.07. The van der Waals surface area contributed by atoms with Crippen molar-refractivity contribution in [3.8, 4) is 5.75 Å². The highest BCUT2D eigenvalue weighted by atomic mass is 16.7. The van der Waals surface area contributed by atoms with Crippen LogP contribution in [0.3, 0.4) is 0 Å². The number of anilines is 2. The van der Waals surface area contributed by atoms with E-state index in [2.05, 4.69) is 11.8 Å². The number of benzene rings is 1. The fourth-order valence-electron chi connectivity index (χ4n) is 3.07. The van der Waals surface area contributed by atoms with Gasteiger partial charge in [-0.05, 0) is 25.0 Å². The van der Waals surface area contributed by atoms with Gasteiger partial charge in [-0.15, -0.1) is 0 Å². The molecule has 2 N–H and O–H groups in total. The van der Waals surface area contributed by atoms with Gasteiger partial charge >= 0.3 is 0 Å². The molecule has 116 valence electrons. The van der Waals surface area contributed by atoms with Crippen LogP contribution in [0.5, 0.6) is 5.75 Å². The molecule has 1 aromatic rings. The van der Waals surface area contributed by atoms with Gasteiger partial charge < -0.3 is 24.8 Å². The van der Waals surface area contributed by atoms with Crippen LogP contribution in [0.15, 0.2) is 18.2 Å². The second-order valence-electron chi connectivity index (χ2n) is 5.67. The Kier molecular flexibility index (Phi) is 4.22. The van der Waals surface area contributed by atoms with E-state index in [0.717, 1.165) is 43.8 Å². The Morgan fingerprint density at radius 2 is 2.14 bits per heavy atom. The number of hydrogen-bond donors (Lipinski definition) is 1. The van der Waals surface area contributed by atoms with E-state index in [-0.39, 0.29) is 0 Å². The number of ether oxygens (including phenoxy) is 3. The largest absolute Gasteiger partial charge is 0.491 e. The van der Waals surface area contributed by atoms with Crippen LogP contribution < -0.4 is 15.4 Å². The van der Waals surface area contributed by atoms with E-state index in [4.69, 9.17) is 19.9 Å². The van der Waals surface area contributed by atoms with Crippen LogP contribution in [0.2, 0.25) is 0 Å². The average Bonchev–Trinajstić information content (AvgIpc) is 2.94. The third-order valence-electron chi connectivity index (χ3n) is 4.08. The van der Waals surface area contributed by atoms with E-state index in [1.54, 1.807) is 0 Å². The Labute approximate surface area is 126 Å². The van der Waals surface area contributed by atoms with Gasteiger partial charge in [0.05, 0.1) is 37.7 Å². The fraction of sp³-hybridized carbons (Fsp3) is 0.625. The molecule has 0 saturated carbocycles. The molecule has 0 unspecified atom stereocenters. The van der Waals surface area contributed by atoms with Gasteiger partial charge in [0.2, 0.25) is 0 Å². The minimum Gasteiger partial charge on any atom is -0.491 e. The van der Waals surface area contributed by atoms with E-state index in [9.17, 15) is 0 Å². The highest BCUT2D eigenvalue weighted by molar-refractivity contribution is 5.74. The Bertz CT molecular complexity index is 486. The Morgan fingerprint density at radius 3 is 2.90 bits per heavy atom. The van der Waals surface area contributed by atoms with Crippen molar-refractivity contribution in [3.05, 3.63) is 18.2 Å². The quantitative estimate of drug-likeness (QED) is 0.864. The molecule has 0 aliphatic carbocycles. The van der Waals surface area contributed by atoms with Crippen molar-refractivity contribution < 1.29 is 14.2 Å². The molecule has 5 nitrogen and oxygen atoms in total. The molecule has 2 saturated heterocycles. The van der Waals surface area contributed by atoms with Crippen LogP contribution >= 0.6 is 0 Å². The van der Waals surface area contributed by atoms with Crippen molar-refractivity contribution in [2.45, 2.75) is 32.0 Å². The van der Waals surface area contributed by atoms with Crippen molar-refractivity contribution in [1.29, 1.82) is 0 Å². The minimum absolute atomic E-state index is 0.440. The van der Waals surface area contributed by atoms with Crippen LogP contribution in [0.1, 0.15) is 26.2 Å². The van der Waals surface area contributed by atoms with Crippen LogP contribution in [0.4, 0.5) is 11.4 Å². The summed E-state index contributed by atoms with van der Waals surface area (Å²) in [7, 11) is 0. The molecule has 2 aliphatic heterocycles. The summed E-state index contributed by atoms with van der Waals surface area (Å²) in [6, 6.07) is 5.97. The smallest absolute Gasteiger partial charge is 0.186 e. The number of nitrogens with two attached hydrogens (primary N) is 1. The molecular weight excluding hydrogens is 268 g/mol. The molecule has 5 heteroatoms. The normalized spacial score (nSPS) is 20.9. The van der Waals surface area contributed by atoms with Gasteiger partial charge in [0.25, 0.3) is 0 Å². The molecule has 0 radical (unpaired) electrons. The molecule has 0 atom stereocenters. The lowest BCUT2D eigenvalue weighted by Crippen LogP contribution is -2.49. The van der Waals surface area contributed by atoms with Crippen LogP contribution in [0.25, 0.3) is 0 Å². The summed E-state index contributed by atoms with van der Waals surface area (Å²) in [5.41, 5.74) is 8.02. The molecule has 2 fully saturated rings. The molecule has 0 amide bonds. The van der Waals surface area contributed by atoms with Crippen molar-refractivity contribution in [1.82, 2.24) is 0 Å². The molecule has 2 aliphatic rings. The van der Waals surface area contributed by atoms with Crippen LogP contribution in [0, 0.1) is 0 Å². The summed E-state index contributed by atoms with van der Waals surface area (Å²) in [5, 5.41) is 0. The summed E-state index contributed by atoms with van der Waals surface area (Å²) in [6.45, 7) is 5.84. The molecule has 0 aromatic heterocycles. The van der Waals surface area contributed by atoms with Crippen molar-refractivity contribution in [3.63, 3.8) is 0 Å². The van der Waals surface area contributed by atoms with Gasteiger partial charge in [0, 0.05) is 13.0 Å². The Hall–Kier alpha value is -1.46. The maximum absolute atomic E-state index is 6.29. The van der Waals surface area contributed by atoms with Crippen molar-refractivity contribution in [2.75, 3.05) is 43.5 Å². The van der Waals surface area contributed by atoms with Gasteiger partial charge in [-0.3, -0.25) is 0 Å². The number of piperidine rings is 1. The van der Waals surface area contributed by atoms with Crippen molar-refractivity contribution in [2.24, 2.45) is 0 Å². The second-order valence-corrected chi connectivity index (χ2v) is 5.67. The second kappa shape index (κ2) is 6.12. The van der Waals surface area contributed by atoms with Gasteiger partial charge in [-0.2, -0.15) is 0 Å². The average molecular weight is 292 g/mol. The van der Waals surface area contributed by atoms with E-state index in [1.165, 1.54) is 0 Å². The lowest BCUT2D eigenvalue weighted by molar-refractivity contribution is -0.161. The first kappa shape index (κ1) is 14.5. The summed E-state index contributed by atoms with van der Waals surface area (Å²) < 4.78 is 17.4. The van der Waals surface area contributed by atoms with Gasteiger partial charge in [-0.25, -0.2) is 0 Å². The van der Waals surface area contributed by atoms with Crippen molar-refractivity contribution >= 4 is 11.4 Å². The monoisotopic (exact) mass is 292 g/mol. The van der Waals surface area contributed by atoms with Crippen LogP contribution in [-0.2, 0) is 9.47 Å². The predicted molar refractivity (Wildman–Crippen MR) is 82.7 cm³/mol. The van der Waals surface area contributed by atoms with E-state index < -0.39 is 5.79 Å². The summed E-state index contributed by atoms with van der Waals surface area (Å²) in [6.07, 6.45) is 2.97. The Morgan fingerprint density at radius 1 is 1.33 bits per heavy atom. The standard InChI is InChI=1S/C16H24N2O3/c1-2-9-19-14-6-3-5-13(15(14)17)18-8-4-7-16(12-18)20-10-11-21-16/h3,5-6H,2,4,7-12,17H2,1H3. The zero-order chi connectivity index (χ0) is 14.7. The topological polar surface area (TPSA) is 57.0 Å². The van der Waals surface area contributed by atoms with E-state index in [1.807, 2.05) is 18.2 Å². The number of nitrogens with zero attached hydrogens (tertiary/aromatic N) is 1. The zero-order valence-electron chi connectivity index (χ0n) is 12.6. The summed E-state index contributed by atoms with van der Waals surface area (Å²) >= 11 is 0. The lowest BCUT2D eigenvalue weighted by Gasteiger charge is -2.40. The first-order valence-corrected chi connectivity index (χ1v) is 7.78. The maximum Gasteiger partial charge on any atom is 0.186 e. The highest BCUT2D eigenvalue weighted by Crippen LogP contribution is 2.37. The lowest BCUT2D eigenvalue weighted by atomic mass is 10.0. The molecule has 21 heavy (non-hydrogen) atoms. The number of nitrogen functional groups attached to an aromatic ring is 1. The molecule has 1 aromatic carbocycles. The maximum atomic E-state index is 6.29. The Balaban J connectivity index is 1.79. The van der Waals surface area contributed by atoms with Gasteiger partial charge in [-0.1, -0.05) is 13.0 Å². The zero-order valence-corrected chi connectivity index (χ0v) is 12.6. The van der Waals surface area contributed by atoms with Gasteiger partial charge in [0.1, 0.15) is 5.75 Å². The van der Waals surface area contributed by atoms with Crippen LogP contribution in [-0.4, -0.2) is 38.7 Å².